The molecule has 0 radical (unpaired) electrons. The van der Waals surface area contributed by atoms with Crippen LogP contribution in [0.3, 0.4) is 0 Å². The van der Waals surface area contributed by atoms with Crippen molar-refractivity contribution < 1.29 is 17.1 Å². The normalized spacial score (nSPS) is 10.8. The zero-order chi connectivity index (χ0) is 11.5. The molecule has 0 atom stereocenters. The summed E-state index contributed by atoms with van der Waals surface area (Å²) in [5.74, 6) is -0.242. The predicted octanol–water partition coefficient (Wildman–Crippen LogP) is 1.27. The van der Waals surface area contributed by atoms with Gasteiger partial charge in [0.2, 0.25) is 5.91 Å². The van der Waals surface area contributed by atoms with E-state index in [4.69, 9.17) is 0 Å². The Bertz CT molecular complexity index is 455. The van der Waals surface area contributed by atoms with Crippen molar-refractivity contribution in [3.63, 3.8) is 0 Å². The Kier molecular flexibility index (Phi) is 3.25. The fourth-order valence-electron chi connectivity index (χ4n) is 0.966. The van der Waals surface area contributed by atoms with Gasteiger partial charge in [-0.3, -0.25) is 9.52 Å². The van der Waals surface area contributed by atoms with Crippen LogP contribution in [-0.4, -0.2) is 14.3 Å². The first-order valence-electron chi connectivity index (χ1n) is 3.97. The highest BCUT2D eigenvalue weighted by molar-refractivity contribution is 7.87. The van der Waals surface area contributed by atoms with Crippen LogP contribution in [0.2, 0.25) is 0 Å². The van der Waals surface area contributed by atoms with Gasteiger partial charge in [-0.25, -0.2) is 0 Å². The van der Waals surface area contributed by atoms with Gasteiger partial charge in [0.05, 0.1) is 5.69 Å². The predicted molar refractivity (Wildman–Crippen MR) is 54.4 cm³/mol. The molecule has 0 aliphatic rings. The van der Waals surface area contributed by atoms with Crippen molar-refractivity contribution in [2.45, 2.75) is 6.92 Å². The van der Waals surface area contributed by atoms with E-state index in [1.54, 1.807) is 4.72 Å². The van der Waals surface area contributed by atoms with E-state index in [9.17, 15) is 17.1 Å². The van der Waals surface area contributed by atoms with E-state index in [1.807, 2.05) is 0 Å². The van der Waals surface area contributed by atoms with Crippen molar-refractivity contribution in [2.75, 3.05) is 10.0 Å². The highest BCUT2D eigenvalue weighted by atomic mass is 32.3. The van der Waals surface area contributed by atoms with Crippen LogP contribution in [0.25, 0.3) is 0 Å². The minimum absolute atomic E-state index is 0.0894. The number of carbonyl (C=O) groups excluding carboxylic acids is 1. The summed E-state index contributed by atoms with van der Waals surface area (Å²) < 4.78 is 34.3. The van der Waals surface area contributed by atoms with E-state index >= 15 is 0 Å². The number of rotatable bonds is 3. The SMILES string of the molecule is CC(=O)Nc1ccc(NS(=O)(=O)F)cc1. The highest BCUT2D eigenvalue weighted by Gasteiger charge is 2.05. The van der Waals surface area contributed by atoms with E-state index in [0.29, 0.717) is 5.69 Å². The number of benzene rings is 1. The second-order valence-electron chi connectivity index (χ2n) is 2.80. The first kappa shape index (κ1) is 11.4. The molecule has 1 amide bonds. The fraction of sp³-hybridized carbons (Fsp3) is 0.125. The molecule has 1 rings (SSSR count). The lowest BCUT2D eigenvalue weighted by molar-refractivity contribution is -0.114. The van der Waals surface area contributed by atoms with Crippen LogP contribution in [0.1, 0.15) is 6.92 Å². The summed E-state index contributed by atoms with van der Waals surface area (Å²) in [6.45, 7) is 1.35. The summed E-state index contributed by atoms with van der Waals surface area (Å²) in [4.78, 5) is 10.6. The summed E-state index contributed by atoms with van der Waals surface area (Å²) >= 11 is 0. The maximum Gasteiger partial charge on any atom is 0.396 e. The van der Waals surface area contributed by atoms with Gasteiger partial charge < -0.3 is 5.32 Å². The molecule has 1 aromatic carbocycles. The van der Waals surface area contributed by atoms with Gasteiger partial charge in [-0.1, -0.05) is 3.89 Å². The van der Waals surface area contributed by atoms with Gasteiger partial charge in [0.1, 0.15) is 0 Å². The number of anilines is 2. The molecule has 0 saturated carbocycles. The molecular formula is C8H9FN2O3S. The molecule has 2 N–H and O–H groups in total. The Labute approximate surface area is 86.6 Å². The molecule has 0 aliphatic carbocycles. The Morgan fingerprint density at radius 2 is 1.67 bits per heavy atom. The van der Waals surface area contributed by atoms with Gasteiger partial charge in [0, 0.05) is 12.6 Å². The van der Waals surface area contributed by atoms with E-state index in [1.165, 1.54) is 31.2 Å². The molecule has 1 aromatic rings. The van der Waals surface area contributed by atoms with Gasteiger partial charge in [-0.15, -0.1) is 0 Å². The molecule has 82 valence electrons. The number of carbonyl (C=O) groups is 1. The van der Waals surface area contributed by atoms with E-state index in [2.05, 4.69) is 5.32 Å². The third-order valence-electron chi connectivity index (χ3n) is 1.45. The molecule has 0 heterocycles. The topological polar surface area (TPSA) is 75.3 Å². The minimum Gasteiger partial charge on any atom is -0.326 e. The third kappa shape index (κ3) is 4.41. The Morgan fingerprint density at radius 3 is 2.07 bits per heavy atom. The van der Waals surface area contributed by atoms with E-state index in [-0.39, 0.29) is 11.6 Å². The van der Waals surface area contributed by atoms with Crippen LogP contribution in [0, 0.1) is 0 Å². The molecule has 0 aliphatic heterocycles. The molecule has 0 aromatic heterocycles. The van der Waals surface area contributed by atoms with Gasteiger partial charge >= 0.3 is 10.4 Å². The monoisotopic (exact) mass is 232 g/mol. The molecule has 5 nitrogen and oxygen atoms in total. The average Bonchev–Trinajstić information content (AvgIpc) is 2.05. The van der Waals surface area contributed by atoms with Crippen molar-refractivity contribution in [1.29, 1.82) is 0 Å². The largest absolute Gasteiger partial charge is 0.396 e. The van der Waals surface area contributed by atoms with Crippen molar-refractivity contribution in [1.82, 2.24) is 0 Å². The Morgan fingerprint density at radius 1 is 1.20 bits per heavy atom. The number of nitrogens with one attached hydrogen (secondary N) is 2. The maximum atomic E-state index is 12.2. The molecule has 0 spiro atoms. The zero-order valence-corrected chi connectivity index (χ0v) is 8.64. The summed E-state index contributed by atoms with van der Waals surface area (Å²) in [6, 6.07) is 5.58. The smallest absolute Gasteiger partial charge is 0.326 e. The average molecular weight is 232 g/mol. The van der Waals surface area contributed by atoms with Crippen LogP contribution in [0.4, 0.5) is 15.3 Å². The van der Waals surface area contributed by atoms with Crippen LogP contribution in [0.15, 0.2) is 24.3 Å². The van der Waals surface area contributed by atoms with Crippen molar-refractivity contribution in [3.05, 3.63) is 24.3 Å². The van der Waals surface area contributed by atoms with Crippen LogP contribution < -0.4 is 10.0 Å². The zero-order valence-electron chi connectivity index (χ0n) is 7.82. The van der Waals surface area contributed by atoms with Crippen LogP contribution in [-0.2, 0) is 15.2 Å². The number of amides is 1. The summed E-state index contributed by atoms with van der Waals surface area (Å²) in [6.07, 6.45) is 0. The third-order valence-corrected chi connectivity index (χ3v) is 1.92. The van der Waals surface area contributed by atoms with Crippen LogP contribution >= 0.6 is 0 Å². The van der Waals surface area contributed by atoms with E-state index in [0.717, 1.165) is 0 Å². The summed E-state index contributed by atoms with van der Waals surface area (Å²) in [7, 11) is -4.75. The molecule has 0 fully saturated rings. The number of hydrogen-bond acceptors (Lipinski definition) is 3. The second-order valence-corrected chi connectivity index (χ2v) is 3.88. The molecule has 0 bridgehead atoms. The molecule has 0 saturated heterocycles. The number of hydrogen-bond donors (Lipinski definition) is 2. The molecule has 0 unspecified atom stereocenters. The first-order valence-corrected chi connectivity index (χ1v) is 5.35. The second kappa shape index (κ2) is 4.26. The van der Waals surface area contributed by atoms with Crippen LogP contribution in [0.5, 0.6) is 0 Å². The van der Waals surface area contributed by atoms with Gasteiger partial charge in [-0.05, 0) is 24.3 Å². The van der Waals surface area contributed by atoms with Gasteiger partial charge in [-0.2, -0.15) is 8.42 Å². The Hall–Kier alpha value is -1.63. The molecule has 7 heteroatoms. The lowest BCUT2D eigenvalue weighted by Gasteiger charge is -2.04. The summed E-state index contributed by atoms with van der Waals surface area (Å²) in [5.41, 5.74) is 0.593. The van der Waals surface area contributed by atoms with Gasteiger partial charge in [0.15, 0.2) is 0 Å². The van der Waals surface area contributed by atoms with Gasteiger partial charge in [0.25, 0.3) is 0 Å². The quantitative estimate of drug-likeness (QED) is 0.770. The number of halogens is 1. The lowest BCUT2D eigenvalue weighted by Crippen LogP contribution is -2.07. The molecular weight excluding hydrogens is 223 g/mol. The standard InChI is InChI=1S/C8H9FN2O3S/c1-6(12)10-7-2-4-8(5-3-7)11-15(9,13)14/h2-5,11H,1H3,(H,10,12). The Balaban J connectivity index is 2.77. The minimum atomic E-state index is -4.75. The highest BCUT2D eigenvalue weighted by Crippen LogP contribution is 2.14. The maximum absolute atomic E-state index is 12.2. The van der Waals surface area contributed by atoms with Crippen molar-refractivity contribution in [3.8, 4) is 0 Å². The summed E-state index contributed by atoms with van der Waals surface area (Å²) in [5, 5.41) is 2.48. The lowest BCUT2D eigenvalue weighted by atomic mass is 10.3. The first-order chi connectivity index (χ1) is 6.87. The molecule has 15 heavy (non-hydrogen) atoms. The van der Waals surface area contributed by atoms with E-state index < -0.39 is 10.4 Å². The van der Waals surface area contributed by atoms with Crippen molar-refractivity contribution >= 4 is 27.7 Å². The fourth-order valence-corrected chi connectivity index (χ4v) is 1.38. The van der Waals surface area contributed by atoms with Crippen molar-refractivity contribution in [2.24, 2.45) is 0 Å².